The van der Waals surface area contributed by atoms with Crippen LogP contribution >= 0.6 is 0 Å². The van der Waals surface area contributed by atoms with Gasteiger partial charge in [0, 0.05) is 19.3 Å². The summed E-state index contributed by atoms with van der Waals surface area (Å²) in [6.45, 7) is 6.37. The zero-order chi connectivity index (χ0) is 51.4. The van der Waals surface area contributed by atoms with E-state index >= 15 is 0 Å². The van der Waals surface area contributed by atoms with E-state index in [0.717, 1.165) is 116 Å². The first-order chi connectivity index (χ1) is 35.0. The molecule has 0 aliphatic carbocycles. The molecule has 0 spiro atoms. The van der Waals surface area contributed by atoms with E-state index in [1.165, 1.54) is 89.9 Å². The molecule has 402 valence electrons. The molecule has 6 heteroatoms. The number of unbranched alkanes of at least 4 members (excludes halogenated alkanes) is 20. The summed E-state index contributed by atoms with van der Waals surface area (Å²) in [7, 11) is 0. The summed E-state index contributed by atoms with van der Waals surface area (Å²) < 4.78 is 16.8. The average molecular weight is 984 g/mol. The minimum Gasteiger partial charge on any atom is -0.462 e. The maximum absolute atomic E-state index is 12.8. The summed E-state index contributed by atoms with van der Waals surface area (Å²) in [6.07, 6.45) is 80.6. The number of allylic oxidation sites excluding steroid dienone is 20. The van der Waals surface area contributed by atoms with Crippen LogP contribution in [0.1, 0.15) is 252 Å². The summed E-state index contributed by atoms with van der Waals surface area (Å²) in [4.78, 5) is 38.1. The molecule has 0 saturated heterocycles. The first-order valence-corrected chi connectivity index (χ1v) is 29.0. The Morgan fingerprint density at radius 2 is 0.606 bits per heavy atom. The van der Waals surface area contributed by atoms with Crippen molar-refractivity contribution in [2.75, 3.05) is 13.2 Å². The molecule has 71 heavy (non-hydrogen) atoms. The van der Waals surface area contributed by atoms with Crippen molar-refractivity contribution in [3.05, 3.63) is 122 Å². The Hall–Kier alpha value is -4.19. The first kappa shape index (κ1) is 66.8. The van der Waals surface area contributed by atoms with Crippen LogP contribution in [-0.2, 0) is 28.6 Å². The molecule has 0 N–H and O–H groups in total. The zero-order valence-electron chi connectivity index (χ0n) is 45.9. The maximum atomic E-state index is 12.8. The average Bonchev–Trinajstić information content (AvgIpc) is 3.37. The second kappa shape index (κ2) is 58.4. The van der Waals surface area contributed by atoms with Crippen LogP contribution in [0.15, 0.2) is 122 Å². The second-order valence-corrected chi connectivity index (χ2v) is 18.8. The van der Waals surface area contributed by atoms with E-state index in [4.69, 9.17) is 14.2 Å². The van der Waals surface area contributed by atoms with Gasteiger partial charge in [-0.3, -0.25) is 14.4 Å². The van der Waals surface area contributed by atoms with E-state index in [1.54, 1.807) is 0 Å². The molecule has 6 nitrogen and oxygen atoms in total. The van der Waals surface area contributed by atoms with Crippen molar-refractivity contribution < 1.29 is 28.6 Å². The van der Waals surface area contributed by atoms with Gasteiger partial charge in [0.1, 0.15) is 13.2 Å². The number of hydrogen-bond acceptors (Lipinski definition) is 6. The monoisotopic (exact) mass is 983 g/mol. The van der Waals surface area contributed by atoms with Gasteiger partial charge in [-0.25, -0.2) is 0 Å². The van der Waals surface area contributed by atoms with Gasteiger partial charge in [-0.05, 0) is 116 Å². The van der Waals surface area contributed by atoms with E-state index < -0.39 is 12.1 Å². The normalized spacial score (nSPS) is 13.0. The molecule has 0 aromatic rings. The van der Waals surface area contributed by atoms with Gasteiger partial charge in [-0.15, -0.1) is 0 Å². The van der Waals surface area contributed by atoms with Gasteiger partial charge in [0.05, 0.1) is 0 Å². The Morgan fingerprint density at radius 3 is 0.972 bits per heavy atom. The molecule has 0 aliphatic heterocycles. The van der Waals surface area contributed by atoms with Crippen LogP contribution in [0.25, 0.3) is 0 Å². The summed E-state index contributed by atoms with van der Waals surface area (Å²) >= 11 is 0. The van der Waals surface area contributed by atoms with Gasteiger partial charge >= 0.3 is 17.9 Å². The molecule has 0 bridgehead atoms. The Bertz CT molecular complexity index is 1500. The lowest BCUT2D eigenvalue weighted by atomic mass is 10.1. The van der Waals surface area contributed by atoms with Crippen LogP contribution in [0.2, 0.25) is 0 Å². The molecule has 0 aromatic carbocycles. The molecular weight excluding hydrogens is 877 g/mol. The third-order valence-electron chi connectivity index (χ3n) is 11.9. The Kier molecular flexibility index (Phi) is 54.9. The quantitative estimate of drug-likeness (QED) is 0.0261. The van der Waals surface area contributed by atoms with Crippen LogP contribution in [0.5, 0.6) is 0 Å². The lowest BCUT2D eigenvalue weighted by molar-refractivity contribution is -0.166. The fourth-order valence-corrected chi connectivity index (χ4v) is 7.59. The second-order valence-electron chi connectivity index (χ2n) is 18.8. The fourth-order valence-electron chi connectivity index (χ4n) is 7.59. The lowest BCUT2D eigenvalue weighted by Gasteiger charge is -2.18. The van der Waals surface area contributed by atoms with Gasteiger partial charge in [0.15, 0.2) is 6.10 Å². The van der Waals surface area contributed by atoms with E-state index in [-0.39, 0.29) is 31.6 Å². The number of esters is 3. The zero-order valence-corrected chi connectivity index (χ0v) is 45.9. The Labute approximate surface area is 437 Å². The number of rotatable bonds is 51. The molecule has 1 unspecified atom stereocenters. The number of ether oxygens (including phenoxy) is 3. The van der Waals surface area contributed by atoms with Crippen LogP contribution < -0.4 is 0 Å². The van der Waals surface area contributed by atoms with Crippen LogP contribution in [0.3, 0.4) is 0 Å². The van der Waals surface area contributed by atoms with Crippen molar-refractivity contribution >= 4 is 17.9 Å². The van der Waals surface area contributed by atoms with Crippen LogP contribution in [-0.4, -0.2) is 37.2 Å². The van der Waals surface area contributed by atoms with E-state index in [1.807, 2.05) is 12.2 Å². The predicted octanol–water partition coefficient (Wildman–Crippen LogP) is 19.6. The van der Waals surface area contributed by atoms with E-state index in [2.05, 4.69) is 130 Å². The highest BCUT2D eigenvalue weighted by molar-refractivity contribution is 5.71. The molecule has 0 aromatic heterocycles. The highest BCUT2D eigenvalue weighted by Gasteiger charge is 2.19. The largest absolute Gasteiger partial charge is 0.462 e. The molecule has 1 atom stereocenters. The van der Waals surface area contributed by atoms with Gasteiger partial charge in [-0.2, -0.15) is 0 Å². The standard InChI is InChI=1S/C65H106O6/c1-4-7-10-13-16-19-22-25-27-29-31-32-34-35-37-40-43-46-49-52-55-58-64(67)70-61-62(60-69-63(66)57-54-51-48-45-42-39-24-21-18-15-12-9-6-3)71-65(68)59-56-53-50-47-44-41-38-36-33-30-28-26-23-20-17-14-11-8-5-2/h8,11-12,15,17,20-22,24-26,28-29,31,33,36,41,44,50,53,62H,4-7,9-10,13-14,16,18-19,23,27,30,32,34-35,37-40,42-43,45-49,51-52,54-61H2,1-3H3/b11-8-,15-12-,20-17-,24-21-,25-22-,28-26-,31-29-,36-33-,44-41-,53-50-. The van der Waals surface area contributed by atoms with Gasteiger partial charge < -0.3 is 14.2 Å². The lowest BCUT2D eigenvalue weighted by Crippen LogP contribution is -2.30. The molecule has 0 fully saturated rings. The minimum absolute atomic E-state index is 0.118. The Morgan fingerprint density at radius 1 is 0.296 bits per heavy atom. The van der Waals surface area contributed by atoms with Gasteiger partial charge in [-0.1, -0.05) is 239 Å². The highest BCUT2D eigenvalue weighted by Crippen LogP contribution is 2.14. The molecule has 0 radical (unpaired) electrons. The van der Waals surface area contributed by atoms with E-state index in [9.17, 15) is 14.4 Å². The first-order valence-electron chi connectivity index (χ1n) is 29.0. The Balaban J connectivity index is 4.50. The molecule has 0 saturated carbocycles. The summed E-state index contributed by atoms with van der Waals surface area (Å²) in [5, 5.41) is 0. The minimum atomic E-state index is -0.830. The fraction of sp³-hybridized carbons (Fsp3) is 0.646. The topological polar surface area (TPSA) is 78.9 Å². The van der Waals surface area contributed by atoms with Crippen molar-refractivity contribution in [3.63, 3.8) is 0 Å². The molecule has 0 heterocycles. The van der Waals surface area contributed by atoms with Crippen molar-refractivity contribution in [3.8, 4) is 0 Å². The highest BCUT2D eigenvalue weighted by atomic mass is 16.6. The maximum Gasteiger partial charge on any atom is 0.306 e. The molecule has 0 amide bonds. The molecule has 0 rings (SSSR count). The summed E-state index contributed by atoms with van der Waals surface area (Å²) in [6, 6.07) is 0. The van der Waals surface area contributed by atoms with Crippen LogP contribution in [0.4, 0.5) is 0 Å². The van der Waals surface area contributed by atoms with Crippen molar-refractivity contribution in [2.45, 2.75) is 258 Å². The summed E-state index contributed by atoms with van der Waals surface area (Å²) in [5.74, 6) is -1.02. The third kappa shape index (κ3) is 56.6. The van der Waals surface area contributed by atoms with Gasteiger partial charge in [0.25, 0.3) is 0 Å². The molecular formula is C65H106O6. The summed E-state index contributed by atoms with van der Waals surface area (Å²) in [5.41, 5.74) is 0. The van der Waals surface area contributed by atoms with Crippen molar-refractivity contribution in [1.29, 1.82) is 0 Å². The van der Waals surface area contributed by atoms with E-state index in [0.29, 0.717) is 19.3 Å². The third-order valence-corrected chi connectivity index (χ3v) is 11.9. The number of hydrogen-bond donors (Lipinski definition) is 0. The smallest absolute Gasteiger partial charge is 0.306 e. The number of carbonyl (C=O) groups is 3. The van der Waals surface area contributed by atoms with Crippen molar-refractivity contribution in [2.24, 2.45) is 0 Å². The predicted molar refractivity (Wildman–Crippen MR) is 306 cm³/mol. The van der Waals surface area contributed by atoms with Gasteiger partial charge in [0.2, 0.25) is 0 Å². The van der Waals surface area contributed by atoms with Crippen molar-refractivity contribution in [1.82, 2.24) is 0 Å². The number of carbonyl (C=O) groups excluding carboxylic acids is 3. The SMILES string of the molecule is CC/C=C\C/C=C\C/C=C\C/C=C\C/C=C\C/C=C\CCC(=O)OC(COC(=O)CCCCCCC/C=C\C/C=C\CCC)COC(=O)CCCCCCCCCCC/C=C\C/C=C\CCCCCCC. The van der Waals surface area contributed by atoms with Crippen LogP contribution in [0, 0.1) is 0 Å². The molecule has 0 aliphatic rings.